The third-order valence-corrected chi connectivity index (χ3v) is 12.3. The van der Waals surface area contributed by atoms with Gasteiger partial charge < -0.3 is 24.3 Å². The lowest BCUT2D eigenvalue weighted by Crippen LogP contribution is -2.47. The largest absolute Gasteiger partial charge is 0.487 e. The second-order valence-corrected chi connectivity index (χ2v) is 17.9. The summed E-state index contributed by atoms with van der Waals surface area (Å²) in [5.41, 5.74) is 6.12. The number of nitrogens with zero attached hydrogens (tertiary/aromatic N) is 4. The third-order valence-electron chi connectivity index (χ3n) is 11.0. The van der Waals surface area contributed by atoms with Crippen molar-refractivity contribution >= 4 is 56.3 Å². The molecule has 1 aromatic heterocycles. The van der Waals surface area contributed by atoms with Gasteiger partial charge in [0.2, 0.25) is 0 Å². The van der Waals surface area contributed by atoms with E-state index in [0.717, 1.165) is 80.1 Å². The summed E-state index contributed by atoms with van der Waals surface area (Å²) in [5, 5.41) is 13.6. The van der Waals surface area contributed by atoms with Crippen LogP contribution in [0.5, 0.6) is 17.2 Å². The number of H-pyrrole nitrogens is 1. The van der Waals surface area contributed by atoms with Crippen molar-refractivity contribution in [2.24, 2.45) is 5.41 Å². The molecule has 1 atom stereocenters. The Kier molecular flexibility index (Phi) is 13.1. The Morgan fingerprint density at radius 2 is 1.76 bits per heavy atom. The van der Waals surface area contributed by atoms with Gasteiger partial charge in [0.15, 0.2) is 16.7 Å². The zero-order chi connectivity index (χ0) is 41.7. The number of rotatable bonds is 15. The monoisotopic (exact) mass is 838 g/mol. The van der Waals surface area contributed by atoms with Crippen molar-refractivity contribution in [1.29, 1.82) is 0 Å². The minimum Gasteiger partial charge on any atom is -0.487 e. The fraction of sp³-hybridized carbons (Fsp3) is 0.356. The molecule has 1 fully saturated rings. The molecule has 0 radical (unpaired) electrons. The van der Waals surface area contributed by atoms with Crippen molar-refractivity contribution in [2.45, 2.75) is 44.4 Å². The number of carbonyl (C=O) groups is 1. The minimum absolute atomic E-state index is 0.0635. The molecule has 1 aliphatic carbocycles. The maximum Gasteiger partial charge on any atom is 0.312 e. The summed E-state index contributed by atoms with van der Waals surface area (Å²) in [6, 6.07) is 25.3. The van der Waals surface area contributed by atoms with Crippen molar-refractivity contribution in [3.63, 3.8) is 0 Å². The Labute approximate surface area is 352 Å². The number of aromatic amines is 1. The summed E-state index contributed by atoms with van der Waals surface area (Å²) in [6.45, 7) is 9.97. The van der Waals surface area contributed by atoms with Crippen LogP contribution in [-0.4, -0.2) is 89.8 Å². The maximum atomic E-state index is 13.8. The number of hydrogen-bond donors (Lipinski definition) is 2. The molecular formula is C45H51ClN6O6S. The van der Waals surface area contributed by atoms with Crippen molar-refractivity contribution in [1.82, 2.24) is 19.5 Å². The highest BCUT2D eigenvalue weighted by Gasteiger charge is 2.30. The molecule has 0 spiro atoms. The van der Waals surface area contributed by atoms with Gasteiger partial charge in [0.05, 0.1) is 22.0 Å². The van der Waals surface area contributed by atoms with Crippen molar-refractivity contribution in [3.05, 3.63) is 123 Å². The van der Waals surface area contributed by atoms with E-state index in [1.807, 2.05) is 73.7 Å². The Balaban J connectivity index is 1.08. The van der Waals surface area contributed by atoms with Gasteiger partial charge in [0.1, 0.15) is 11.5 Å². The molecule has 0 bridgehead atoms. The number of carbonyl (C=O) groups excluding carboxylic acids is 1. The Bertz CT molecular complexity index is 2370. The topological polar surface area (TPSA) is 133 Å². The fourth-order valence-electron chi connectivity index (χ4n) is 7.74. The Morgan fingerprint density at radius 3 is 2.51 bits per heavy atom. The van der Waals surface area contributed by atoms with Gasteiger partial charge in [-0.1, -0.05) is 43.2 Å². The molecule has 4 aromatic carbocycles. The number of halogens is 1. The average Bonchev–Trinajstić information content (AvgIpc) is 3.69. The third kappa shape index (κ3) is 10.5. The Morgan fingerprint density at radius 1 is 0.983 bits per heavy atom. The van der Waals surface area contributed by atoms with Gasteiger partial charge in [0, 0.05) is 79.2 Å². The number of ether oxygens (including phenoxy) is 2. The van der Waals surface area contributed by atoms with Gasteiger partial charge in [-0.3, -0.25) is 24.5 Å². The first-order chi connectivity index (χ1) is 28.3. The van der Waals surface area contributed by atoms with E-state index in [-0.39, 0.29) is 33.9 Å². The predicted octanol–water partition coefficient (Wildman–Crippen LogP) is 9.09. The van der Waals surface area contributed by atoms with Gasteiger partial charge in [-0.05, 0) is 117 Å². The number of benzene rings is 4. The van der Waals surface area contributed by atoms with Crippen LogP contribution in [0.3, 0.4) is 0 Å². The van der Waals surface area contributed by atoms with Crippen molar-refractivity contribution < 1.29 is 23.4 Å². The van der Waals surface area contributed by atoms with E-state index in [1.165, 1.54) is 34.9 Å². The number of nitrogens with one attached hydrogen (secondary N) is 2. The molecule has 0 saturated carbocycles. The second-order valence-electron chi connectivity index (χ2n) is 16.3. The molecule has 1 aliphatic heterocycles. The molecule has 2 aliphatic rings. The number of aromatic nitrogens is 1. The minimum atomic E-state index is -2.12. The fourth-order valence-corrected chi connectivity index (χ4v) is 8.67. The number of hydrogen-bond acceptors (Lipinski definition) is 9. The lowest BCUT2D eigenvalue weighted by molar-refractivity contribution is -0.386. The number of nitro groups is 1. The number of anilines is 1. The Hall–Kier alpha value is -5.21. The zero-order valence-electron chi connectivity index (χ0n) is 34.0. The maximum absolute atomic E-state index is 13.8. The first-order valence-corrected chi connectivity index (χ1v) is 21.5. The summed E-state index contributed by atoms with van der Waals surface area (Å²) in [4.78, 5) is 35.3. The highest BCUT2D eigenvalue weighted by molar-refractivity contribution is 7.83. The molecule has 1 amide bonds. The lowest BCUT2D eigenvalue weighted by atomic mass is 9.72. The number of amides is 1. The average molecular weight is 839 g/mol. The molecule has 14 heteroatoms. The van der Waals surface area contributed by atoms with E-state index in [9.17, 15) is 19.1 Å². The normalized spacial score (nSPS) is 16.3. The van der Waals surface area contributed by atoms with Crippen LogP contribution in [0.15, 0.2) is 102 Å². The summed E-state index contributed by atoms with van der Waals surface area (Å²) >= 11 is 6.24. The van der Waals surface area contributed by atoms with E-state index in [4.69, 9.17) is 21.1 Å². The highest BCUT2D eigenvalue weighted by atomic mass is 35.5. The highest BCUT2D eigenvalue weighted by Crippen LogP contribution is 2.43. The molecular weight excluding hydrogens is 788 g/mol. The number of fused-ring (bicyclic) bond motifs is 1. The first kappa shape index (κ1) is 41.9. The smallest absolute Gasteiger partial charge is 0.312 e. The number of piperazine rings is 1. The van der Waals surface area contributed by atoms with Gasteiger partial charge >= 0.3 is 5.69 Å². The van der Waals surface area contributed by atoms with Crippen LogP contribution in [0.25, 0.3) is 16.5 Å². The SMILES string of the molecule is CN(C)CCCOc1ccc(S(=O)NC(=O)c2ccc(N3CCN(CC4=C(c5ccc(Cl)cc5)CC(C)(C)CC4)CC3)cc2Oc2ccc3[nH]ccc3c2)cc1[N+](=O)[O-]. The summed E-state index contributed by atoms with van der Waals surface area (Å²) in [7, 11) is 1.75. The molecule has 1 saturated heterocycles. The molecule has 7 rings (SSSR count). The number of nitro benzene ring substituents is 1. The standard InChI is InChI=1S/C45H51ClN6O6S/c1-45(2)18-16-33(39(29-45)31-6-8-34(46)9-7-31)30-50-21-23-51(24-22-50)35-10-13-38(43(27-35)58-36-11-14-40-32(26-36)17-19-47-40)44(53)48-59(56)37-12-15-42(41(28-37)52(54)55)57-25-5-20-49(3)4/h6-15,17,19,26-28,47H,5,16,18,20-25,29-30H2,1-4H3,(H,48,53). The molecule has 59 heavy (non-hydrogen) atoms. The van der Waals surface area contributed by atoms with Gasteiger partial charge in [0.25, 0.3) is 5.91 Å². The van der Waals surface area contributed by atoms with E-state index >= 15 is 0 Å². The van der Waals surface area contributed by atoms with E-state index in [1.54, 1.807) is 6.07 Å². The van der Waals surface area contributed by atoms with E-state index < -0.39 is 21.8 Å². The molecule has 1 unspecified atom stereocenters. The number of allylic oxidation sites excluding steroid dienone is 1. The second kappa shape index (κ2) is 18.4. The van der Waals surface area contributed by atoms with Crippen LogP contribution in [0.1, 0.15) is 55.5 Å². The molecule has 12 nitrogen and oxygen atoms in total. The van der Waals surface area contributed by atoms with Crippen LogP contribution >= 0.6 is 11.6 Å². The van der Waals surface area contributed by atoms with Crippen LogP contribution in [-0.2, 0) is 11.0 Å². The molecule has 310 valence electrons. The van der Waals surface area contributed by atoms with Gasteiger partial charge in [-0.25, -0.2) is 4.21 Å². The van der Waals surface area contributed by atoms with Crippen molar-refractivity contribution in [3.8, 4) is 17.2 Å². The van der Waals surface area contributed by atoms with Crippen LogP contribution in [0.4, 0.5) is 11.4 Å². The molecule has 5 aromatic rings. The van der Waals surface area contributed by atoms with Crippen LogP contribution < -0.4 is 19.1 Å². The summed E-state index contributed by atoms with van der Waals surface area (Å²) < 4.78 is 28.1. The predicted molar refractivity (Wildman–Crippen MR) is 235 cm³/mol. The van der Waals surface area contributed by atoms with Crippen LogP contribution in [0.2, 0.25) is 5.02 Å². The summed E-state index contributed by atoms with van der Waals surface area (Å²) in [6.07, 6.45) is 5.79. The van der Waals surface area contributed by atoms with Gasteiger partial charge in [-0.15, -0.1) is 0 Å². The van der Waals surface area contributed by atoms with E-state index in [0.29, 0.717) is 17.9 Å². The molecule has 2 N–H and O–H groups in total. The summed E-state index contributed by atoms with van der Waals surface area (Å²) in [5.74, 6) is 0.255. The zero-order valence-corrected chi connectivity index (χ0v) is 35.5. The van der Waals surface area contributed by atoms with Crippen LogP contribution in [0, 0.1) is 15.5 Å². The van der Waals surface area contributed by atoms with Crippen molar-refractivity contribution in [2.75, 3.05) is 64.9 Å². The van der Waals surface area contributed by atoms with Gasteiger partial charge in [-0.2, -0.15) is 0 Å². The molecule has 2 heterocycles. The first-order valence-electron chi connectivity index (χ1n) is 19.9. The lowest BCUT2D eigenvalue weighted by Gasteiger charge is -2.39. The quantitative estimate of drug-likeness (QED) is 0.0602. The van der Waals surface area contributed by atoms with E-state index in [2.05, 4.69) is 45.5 Å².